The predicted molar refractivity (Wildman–Crippen MR) is 102 cm³/mol. The van der Waals surface area contributed by atoms with Gasteiger partial charge < -0.3 is 15.3 Å². The molecular formula is C18H27N3O5S. The molecule has 1 aromatic rings. The molecule has 2 N–H and O–H groups in total. The number of urea groups is 1. The van der Waals surface area contributed by atoms with Gasteiger partial charge in [-0.3, -0.25) is 4.79 Å². The second kappa shape index (κ2) is 8.26. The number of hydrogen-bond acceptors (Lipinski definition) is 4. The molecule has 1 aromatic carbocycles. The molecule has 0 aromatic heterocycles. The molecule has 0 saturated carbocycles. The highest BCUT2D eigenvalue weighted by Crippen LogP contribution is 2.23. The van der Waals surface area contributed by atoms with Gasteiger partial charge in [-0.15, -0.1) is 0 Å². The van der Waals surface area contributed by atoms with Crippen LogP contribution in [0, 0.1) is 11.8 Å². The summed E-state index contributed by atoms with van der Waals surface area (Å²) < 4.78 is 26.2. The van der Waals surface area contributed by atoms with Gasteiger partial charge in [0.25, 0.3) is 0 Å². The number of sulfonamides is 1. The predicted octanol–water partition coefficient (Wildman–Crippen LogP) is 2.29. The van der Waals surface area contributed by atoms with Crippen molar-refractivity contribution in [1.29, 1.82) is 0 Å². The van der Waals surface area contributed by atoms with Gasteiger partial charge in [-0.05, 0) is 50.5 Å². The van der Waals surface area contributed by atoms with Gasteiger partial charge in [0.1, 0.15) is 0 Å². The number of benzene rings is 1. The van der Waals surface area contributed by atoms with Crippen LogP contribution in [0.3, 0.4) is 0 Å². The quantitative estimate of drug-likeness (QED) is 0.793. The van der Waals surface area contributed by atoms with E-state index in [0.717, 1.165) is 0 Å². The zero-order valence-electron chi connectivity index (χ0n) is 16.0. The average Bonchev–Trinajstić information content (AvgIpc) is 2.60. The summed E-state index contributed by atoms with van der Waals surface area (Å²) in [6.45, 7) is 6.14. The number of carboxylic acid groups (broad SMARTS) is 1. The van der Waals surface area contributed by atoms with Crippen molar-refractivity contribution in [3.05, 3.63) is 24.3 Å². The van der Waals surface area contributed by atoms with Gasteiger partial charge in [-0.2, -0.15) is 4.31 Å². The van der Waals surface area contributed by atoms with Crippen molar-refractivity contribution in [3.8, 4) is 0 Å². The number of nitrogens with one attached hydrogen (secondary N) is 1. The first-order chi connectivity index (χ1) is 12.5. The minimum Gasteiger partial charge on any atom is -0.481 e. The van der Waals surface area contributed by atoms with Crippen LogP contribution in [-0.2, 0) is 14.8 Å². The van der Waals surface area contributed by atoms with E-state index < -0.39 is 21.9 Å². The normalized spacial score (nSPS) is 20.7. The molecule has 150 valence electrons. The van der Waals surface area contributed by atoms with Crippen LogP contribution in [0.1, 0.15) is 27.2 Å². The van der Waals surface area contributed by atoms with Crippen LogP contribution in [0.4, 0.5) is 10.5 Å². The molecule has 27 heavy (non-hydrogen) atoms. The largest absolute Gasteiger partial charge is 0.481 e. The summed E-state index contributed by atoms with van der Waals surface area (Å²) in [5.74, 6) is -1.37. The Morgan fingerprint density at radius 2 is 1.81 bits per heavy atom. The number of aliphatic carboxylic acids is 1. The number of amides is 2. The zero-order chi connectivity index (χ0) is 20.4. The van der Waals surface area contributed by atoms with Crippen molar-refractivity contribution in [1.82, 2.24) is 9.21 Å². The van der Waals surface area contributed by atoms with Crippen LogP contribution >= 0.6 is 0 Å². The Bertz CT molecular complexity index is 792. The molecule has 1 fully saturated rings. The fourth-order valence-corrected chi connectivity index (χ4v) is 4.42. The van der Waals surface area contributed by atoms with Gasteiger partial charge >= 0.3 is 12.0 Å². The van der Waals surface area contributed by atoms with Crippen molar-refractivity contribution < 1.29 is 23.1 Å². The van der Waals surface area contributed by atoms with E-state index in [9.17, 15) is 23.1 Å². The second-order valence-corrected chi connectivity index (χ2v) is 9.35. The van der Waals surface area contributed by atoms with E-state index in [2.05, 4.69) is 5.32 Å². The van der Waals surface area contributed by atoms with Crippen LogP contribution in [0.2, 0.25) is 0 Å². The Labute approximate surface area is 160 Å². The number of hydrogen-bond donors (Lipinski definition) is 2. The highest BCUT2D eigenvalue weighted by molar-refractivity contribution is 7.89. The second-order valence-electron chi connectivity index (χ2n) is 7.35. The molecule has 0 spiro atoms. The van der Waals surface area contributed by atoms with Gasteiger partial charge in [0, 0.05) is 31.9 Å². The van der Waals surface area contributed by atoms with Gasteiger partial charge in [-0.1, -0.05) is 6.92 Å². The number of carbonyl (C=O) groups excluding carboxylic acids is 1. The van der Waals surface area contributed by atoms with E-state index in [1.54, 1.807) is 13.8 Å². The van der Waals surface area contributed by atoms with E-state index >= 15 is 0 Å². The summed E-state index contributed by atoms with van der Waals surface area (Å²) in [6.07, 6.45) is 0.551. The zero-order valence-corrected chi connectivity index (χ0v) is 16.9. The molecule has 0 radical (unpaired) electrons. The number of carboxylic acids is 1. The Hall–Kier alpha value is -2.13. The Morgan fingerprint density at radius 3 is 2.33 bits per heavy atom. The Morgan fingerprint density at radius 1 is 1.22 bits per heavy atom. The molecule has 9 heteroatoms. The number of nitrogens with zero attached hydrogens (tertiary/aromatic N) is 2. The van der Waals surface area contributed by atoms with E-state index in [1.165, 1.54) is 40.5 Å². The highest BCUT2D eigenvalue weighted by atomic mass is 32.2. The molecule has 1 aliphatic rings. The summed E-state index contributed by atoms with van der Waals surface area (Å²) in [4.78, 5) is 25.3. The highest BCUT2D eigenvalue weighted by Gasteiger charge is 2.32. The molecule has 0 aliphatic carbocycles. The third-order valence-electron chi connectivity index (χ3n) is 4.81. The maximum atomic E-state index is 12.5. The third kappa shape index (κ3) is 4.98. The van der Waals surface area contributed by atoms with Crippen LogP contribution in [0.5, 0.6) is 0 Å². The van der Waals surface area contributed by atoms with Crippen LogP contribution < -0.4 is 5.32 Å². The summed E-state index contributed by atoms with van der Waals surface area (Å²) in [5, 5.41) is 11.9. The van der Waals surface area contributed by atoms with Crippen molar-refractivity contribution in [2.24, 2.45) is 11.8 Å². The van der Waals surface area contributed by atoms with Crippen molar-refractivity contribution in [3.63, 3.8) is 0 Å². The molecule has 0 bridgehead atoms. The molecule has 8 nitrogen and oxygen atoms in total. The number of carbonyl (C=O) groups is 2. The molecule has 1 saturated heterocycles. The lowest BCUT2D eigenvalue weighted by molar-refractivity contribution is -0.143. The van der Waals surface area contributed by atoms with Gasteiger partial charge in [0.2, 0.25) is 10.0 Å². The van der Waals surface area contributed by atoms with Gasteiger partial charge in [0.05, 0.1) is 10.8 Å². The van der Waals surface area contributed by atoms with Crippen LogP contribution in [-0.4, -0.2) is 60.9 Å². The summed E-state index contributed by atoms with van der Waals surface area (Å²) in [7, 11) is -2.06. The van der Waals surface area contributed by atoms with Crippen LogP contribution in [0.15, 0.2) is 29.2 Å². The van der Waals surface area contributed by atoms with Crippen LogP contribution in [0.25, 0.3) is 0 Å². The average molecular weight is 397 g/mol. The molecule has 2 atom stereocenters. The molecule has 1 heterocycles. The number of rotatable bonds is 5. The third-order valence-corrected chi connectivity index (χ3v) is 6.85. The van der Waals surface area contributed by atoms with E-state index in [4.69, 9.17) is 0 Å². The lowest BCUT2D eigenvalue weighted by Crippen LogP contribution is -2.47. The SMILES string of the molecule is CC1CC(C(=O)O)CN(C(=O)Nc2ccc(S(=O)(=O)N(C)C(C)C)cc2)C1. The van der Waals surface area contributed by atoms with Crippen molar-refractivity contribution >= 4 is 27.7 Å². The molecule has 2 unspecified atom stereocenters. The number of piperidine rings is 1. The fourth-order valence-electron chi connectivity index (χ4n) is 3.05. The molecule has 1 aliphatic heterocycles. The Kier molecular flexibility index (Phi) is 6.48. The lowest BCUT2D eigenvalue weighted by Gasteiger charge is -2.34. The fraction of sp³-hybridized carbons (Fsp3) is 0.556. The smallest absolute Gasteiger partial charge is 0.321 e. The number of likely N-dealkylation sites (tertiary alicyclic amines) is 1. The maximum Gasteiger partial charge on any atom is 0.321 e. The van der Waals surface area contributed by atoms with E-state index in [1.807, 2.05) is 6.92 Å². The lowest BCUT2D eigenvalue weighted by atomic mass is 9.91. The monoisotopic (exact) mass is 397 g/mol. The van der Waals surface area contributed by atoms with E-state index in [0.29, 0.717) is 18.7 Å². The van der Waals surface area contributed by atoms with Crippen molar-refractivity contribution in [2.45, 2.75) is 38.1 Å². The Balaban J connectivity index is 2.08. The first-order valence-electron chi connectivity index (χ1n) is 8.89. The minimum absolute atomic E-state index is 0.102. The first kappa shape index (κ1) is 21.2. The molecule has 2 rings (SSSR count). The van der Waals surface area contributed by atoms with Gasteiger partial charge in [-0.25, -0.2) is 13.2 Å². The maximum absolute atomic E-state index is 12.5. The van der Waals surface area contributed by atoms with Crippen molar-refractivity contribution in [2.75, 3.05) is 25.5 Å². The standard InChI is InChI=1S/C18H27N3O5S/c1-12(2)20(4)27(25,26)16-7-5-15(6-8-16)19-18(24)21-10-13(3)9-14(11-21)17(22)23/h5-8,12-14H,9-11H2,1-4H3,(H,19,24)(H,22,23). The minimum atomic E-state index is -3.58. The summed E-state index contributed by atoms with van der Waals surface area (Å²) in [6, 6.07) is 5.40. The summed E-state index contributed by atoms with van der Waals surface area (Å²) >= 11 is 0. The molecule has 2 amide bonds. The topological polar surface area (TPSA) is 107 Å². The first-order valence-corrected chi connectivity index (χ1v) is 10.3. The van der Waals surface area contributed by atoms with E-state index in [-0.39, 0.29) is 29.4 Å². The number of anilines is 1. The summed E-state index contributed by atoms with van der Waals surface area (Å²) in [5.41, 5.74) is 0.455. The van der Waals surface area contributed by atoms with Gasteiger partial charge in [0.15, 0.2) is 0 Å². The molecular weight excluding hydrogens is 370 g/mol.